The van der Waals surface area contributed by atoms with E-state index < -0.39 is 0 Å². The van der Waals surface area contributed by atoms with E-state index in [4.69, 9.17) is 14.2 Å². The topological polar surface area (TPSA) is 68.8 Å². The fraction of sp³-hybridized carbons (Fsp3) is 0.0952. The zero-order valence-corrected chi connectivity index (χ0v) is 14.5. The van der Waals surface area contributed by atoms with Crippen LogP contribution in [0.3, 0.4) is 0 Å². The van der Waals surface area contributed by atoms with Crippen LogP contribution in [0.2, 0.25) is 0 Å². The smallest absolute Gasteiger partial charge is 0.262 e. The predicted molar refractivity (Wildman–Crippen MR) is 103 cm³/mol. The highest BCUT2D eigenvalue weighted by Gasteiger charge is 2.13. The molecule has 0 bridgehead atoms. The van der Waals surface area contributed by atoms with Gasteiger partial charge >= 0.3 is 0 Å². The van der Waals surface area contributed by atoms with Gasteiger partial charge in [-0.3, -0.25) is 4.79 Å². The molecule has 6 nitrogen and oxygen atoms in total. The van der Waals surface area contributed by atoms with Crippen molar-refractivity contribution in [2.24, 2.45) is 0 Å². The maximum atomic E-state index is 12.0. The third-order valence-corrected chi connectivity index (χ3v) is 3.94. The maximum Gasteiger partial charge on any atom is 0.262 e. The molecule has 0 spiro atoms. The van der Waals surface area contributed by atoms with Crippen molar-refractivity contribution < 1.29 is 19.0 Å². The molecule has 0 atom stereocenters. The van der Waals surface area contributed by atoms with Gasteiger partial charge in [0.25, 0.3) is 5.91 Å². The number of hydrogen-bond donors (Lipinski definition) is 2. The molecule has 0 saturated heterocycles. The van der Waals surface area contributed by atoms with Crippen LogP contribution in [0.4, 0.5) is 17.1 Å². The first-order valence-corrected chi connectivity index (χ1v) is 8.51. The molecule has 1 amide bonds. The number of ether oxygens (including phenoxy) is 3. The Labute approximate surface area is 156 Å². The highest BCUT2D eigenvalue weighted by Crippen LogP contribution is 2.35. The van der Waals surface area contributed by atoms with E-state index in [0.717, 1.165) is 22.9 Å². The van der Waals surface area contributed by atoms with E-state index in [1.807, 2.05) is 72.8 Å². The number of para-hydroxylation sites is 1. The quantitative estimate of drug-likeness (QED) is 0.689. The number of benzene rings is 3. The summed E-state index contributed by atoms with van der Waals surface area (Å²) in [6.07, 6.45) is 0. The minimum absolute atomic E-state index is 0.0405. The van der Waals surface area contributed by atoms with Crippen LogP contribution in [0, 0.1) is 0 Å². The van der Waals surface area contributed by atoms with Crippen molar-refractivity contribution >= 4 is 23.0 Å². The number of carbonyl (C=O) groups is 1. The first kappa shape index (κ1) is 16.8. The number of anilines is 3. The molecule has 27 heavy (non-hydrogen) atoms. The molecule has 3 aromatic carbocycles. The number of rotatable bonds is 6. The van der Waals surface area contributed by atoms with Crippen LogP contribution in [-0.2, 0) is 4.79 Å². The normalized spacial score (nSPS) is 11.7. The van der Waals surface area contributed by atoms with Crippen LogP contribution in [0.1, 0.15) is 0 Å². The van der Waals surface area contributed by atoms with Gasteiger partial charge in [0, 0.05) is 23.1 Å². The Morgan fingerprint density at radius 2 is 1.56 bits per heavy atom. The second kappa shape index (κ2) is 7.70. The van der Waals surface area contributed by atoms with Crippen molar-refractivity contribution in [2.45, 2.75) is 0 Å². The zero-order chi connectivity index (χ0) is 18.5. The molecule has 4 rings (SSSR count). The maximum absolute atomic E-state index is 12.0. The molecule has 0 saturated carbocycles. The summed E-state index contributed by atoms with van der Waals surface area (Å²) in [6, 6.07) is 22.3. The lowest BCUT2D eigenvalue weighted by molar-refractivity contribution is -0.118. The Morgan fingerprint density at radius 1 is 0.852 bits per heavy atom. The van der Waals surface area contributed by atoms with Gasteiger partial charge in [-0.15, -0.1) is 0 Å². The molecule has 2 N–H and O–H groups in total. The van der Waals surface area contributed by atoms with Gasteiger partial charge in [-0.1, -0.05) is 18.2 Å². The first-order chi connectivity index (χ1) is 13.3. The molecule has 0 radical (unpaired) electrons. The van der Waals surface area contributed by atoms with E-state index in [0.29, 0.717) is 11.4 Å². The fourth-order valence-electron chi connectivity index (χ4n) is 2.64. The molecule has 3 aromatic rings. The van der Waals surface area contributed by atoms with Gasteiger partial charge in [-0.05, 0) is 48.5 Å². The number of fused-ring (bicyclic) bond motifs is 1. The molecule has 136 valence electrons. The summed E-state index contributed by atoms with van der Waals surface area (Å²) >= 11 is 0. The Kier molecular flexibility index (Phi) is 4.78. The zero-order valence-electron chi connectivity index (χ0n) is 14.5. The van der Waals surface area contributed by atoms with Crippen molar-refractivity contribution in [1.82, 2.24) is 0 Å². The van der Waals surface area contributed by atoms with E-state index in [2.05, 4.69) is 10.6 Å². The summed E-state index contributed by atoms with van der Waals surface area (Å²) in [5.74, 6) is 1.92. The van der Waals surface area contributed by atoms with Gasteiger partial charge in [0.05, 0.1) is 0 Å². The van der Waals surface area contributed by atoms with Crippen LogP contribution >= 0.6 is 0 Å². The van der Waals surface area contributed by atoms with Gasteiger partial charge in [-0.2, -0.15) is 0 Å². The largest absolute Gasteiger partial charge is 0.484 e. The Bertz CT molecular complexity index is 927. The SMILES string of the molecule is O=C(COc1ccccc1)Nc1ccc(Nc2ccc3c(c2)OCO3)cc1. The molecular formula is C21H18N2O4. The second-order valence-electron chi connectivity index (χ2n) is 5.92. The van der Waals surface area contributed by atoms with Crippen molar-refractivity contribution in [1.29, 1.82) is 0 Å². The van der Waals surface area contributed by atoms with Crippen molar-refractivity contribution in [2.75, 3.05) is 24.0 Å². The lowest BCUT2D eigenvalue weighted by atomic mass is 10.2. The summed E-state index contributed by atoms with van der Waals surface area (Å²) in [5, 5.41) is 6.10. The third kappa shape index (κ3) is 4.30. The average Bonchev–Trinajstić information content (AvgIpc) is 3.17. The van der Waals surface area contributed by atoms with E-state index in [1.165, 1.54) is 0 Å². The summed E-state index contributed by atoms with van der Waals surface area (Å²) in [7, 11) is 0. The van der Waals surface area contributed by atoms with E-state index in [1.54, 1.807) is 0 Å². The second-order valence-corrected chi connectivity index (χ2v) is 5.92. The van der Waals surface area contributed by atoms with Crippen molar-refractivity contribution in [3.05, 3.63) is 72.8 Å². The Hall–Kier alpha value is -3.67. The minimum Gasteiger partial charge on any atom is -0.484 e. The first-order valence-electron chi connectivity index (χ1n) is 8.51. The van der Waals surface area contributed by atoms with Crippen molar-refractivity contribution in [3.8, 4) is 17.2 Å². The molecule has 1 aliphatic rings. The summed E-state index contributed by atoms with van der Waals surface area (Å²) < 4.78 is 16.1. The molecule has 0 fully saturated rings. The highest BCUT2D eigenvalue weighted by molar-refractivity contribution is 5.92. The van der Waals surface area contributed by atoms with Crippen LogP contribution in [0.25, 0.3) is 0 Å². The van der Waals surface area contributed by atoms with Gasteiger partial charge in [0.2, 0.25) is 6.79 Å². The third-order valence-electron chi connectivity index (χ3n) is 3.94. The molecular weight excluding hydrogens is 344 g/mol. The van der Waals surface area contributed by atoms with Gasteiger partial charge in [0.1, 0.15) is 5.75 Å². The Morgan fingerprint density at radius 3 is 2.37 bits per heavy atom. The monoisotopic (exact) mass is 362 g/mol. The van der Waals surface area contributed by atoms with Crippen LogP contribution in [0.5, 0.6) is 17.2 Å². The molecule has 0 unspecified atom stereocenters. The van der Waals surface area contributed by atoms with E-state index >= 15 is 0 Å². The average molecular weight is 362 g/mol. The number of carbonyl (C=O) groups excluding carboxylic acids is 1. The summed E-state index contributed by atoms with van der Waals surface area (Å²) in [5.41, 5.74) is 2.49. The van der Waals surface area contributed by atoms with Gasteiger partial charge in [-0.25, -0.2) is 0 Å². The van der Waals surface area contributed by atoms with Crippen LogP contribution in [-0.4, -0.2) is 19.3 Å². The number of hydrogen-bond acceptors (Lipinski definition) is 5. The highest BCUT2D eigenvalue weighted by atomic mass is 16.7. The summed E-state index contributed by atoms with van der Waals surface area (Å²) in [6.45, 7) is 0.211. The van der Waals surface area contributed by atoms with Crippen LogP contribution < -0.4 is 24.8 Å². The van der Waals surface area contributed by atoms with E-state index in [9.17, 15) is 4.79 Å². The molecule has 6 heteroatoms. The van der Waals surface area contributed by atoms with Gasteiger partial charge < -0.3 is 24.8 Å². The predicted octanol–water partition coefficient (Wildman–Crippen LogP) is 4.18. The fourth-order valence-corrected chi connectivity index (χ4v) is 2.64. The molecule has 1 aliphatic heterocycles. The molecule has 0 aliphatic carbocycles. The lowest BCUT2D eigenvalue weighted by Crippen LogP contribution is -2.20. The van der Waals surface area contributed by atoms with Crippen LogP contribution in [0.15, 0.2) is 72.8 Å². The van der Waals surface area contributed by atoms with E-state index in [-0.39, 0.29) is 19.3 Å². The minimum atomic E-state index is -0.213. The number of amides is 1. The standard InChI is InChI=1S/C21H18N2O4/c24-21(13-25-18-4-2-1-3-5-18)23-16-8-6-15(7-9-16)22-17-10-11-19-20(12-17)27-14-26-19/h1-12,22H,13-14H2,(H,23,24). The van der Waals surface area contributed by atoms with Crippen molar-refractivity contribution in [3.63, 3.8) is 0 Å². The molecule has 0 aromatic heterocycles. The Balaban J connectivity index is 1.31. The number of nitrogens with one attached hydrogen (secondary N) is 2. The lowest BCUT2D eigenvalue weighted by Gasteiger charge is -2.10. The molecule has 1 heterocycles. The summed E-state index contributed by atoms with van der Waals surface area (Å²) in [4.78, 5) is 12.0. The van der Waals surface area contributed by atoms with Gasteiger partial charge in [0.15, 0.2) is 18.1 Å².